The van der Waals surface area contributed by atoms with Gasteiger partial charge in [0.15, 0.2) is 0 Å². The molecule has 0 saturated carbocycles. The lowest BCUT2D eigenvalue weighted by atomic mass is 10.1. The zero-order chi connectivity index (χ0) is 19.4. The third kappa shape index (κ3) is 4.61. The van der Waals surface area contributed by atoms with E-state index in [9.17, 15) is 23.5 Å². The van der Waals surface area contributed by atoms with Crippen molar-refractivity contribution >= 4 is 17.5 Å². The number of amides is 2. The number of anilines is 1. The second kappa shape index (κ2) is 8.16. The first-order chi connectivity index (χ1) is 12.9. The van der Waals surface area contributed by atoms with Crippen LogP contribution in [0.2, 0.25) is 0 Å². The Labute approximate surface area is 155 Å². The summed E-state index contributed by atoms with van der Waals surface area (Å²) in [6.07, 6.45) is 4.04. The van der Waals surface area contributed by atoms with Crippen molar-refractivity contribution in [2.24, 2.45) is 0 Å². The molecule has 2 aromatic rings. The van der Waals surface area contributed by atoms with Crippen LogP contribution in [0, 0.1) is 11.6 Å². The van der Waals surface area contributed by atoms with E-state index in [0.717, 1.165) is 37.8 Å². The van der Waals surface area contributed by atoms with E-state index < -0.39 is 17.5 Å². The van der Waals surface area contributed by atoms with E-state index in [1.54, 1.807) is 4.90 Å². The summed E-state index contributed by atoms with van der Waals surface area (Å²) < 4.78 is 26.5. The summed E-state index contributed by atoms with van der Waals surface area (Å²) in [6, 6.07) is 6.65. The molecule has 3 rings (SSSR count). The van der Waals surface area contributed by atoms with E-state index in [0.29, 0.717) is 19.2 Å². The van der Waals surface area contributed by atoms with Gasteiger partial charge in [0, 0.05) is 36.5 Å². The lowest BCUT2D eigenvalue weighted by Gasteiger charge is -2.21. The second-order valence-corrected chi connectivity index (χ2v) is 6.55. The lowest BCUT2D eigenvalue weighted by Crippen LogP contribution is -2.31. The van der Waals surface area contributed by atoms with Crippen molar-refractivity contribution in [2.45, 2.75) is 25.7 Å². The highest BCUT2D eigenvalue weighted by Crippen LogP contribution is 2.25. The van der Waals surface area contributed by atoms with Crippen LogP contribution in [0.5, 0.6) is 5.75 Å². The van der Waals surface area contributed by atoms with Gasteiger partial charge in [-0.25, -0.2) is 8.78 Å². The van der Waals surface area contributed by atoms with E-state index in [2.05, 4.69) is 5.32 Å². The van der Waals surface area contributed by atoms with E-state index in [4.69, 9.17) is 0 Å². The van der Waals surface area contributed by atoms with Gasteiger partial charge in [-0.1, -0.05) is 12.8 Å². The van der Waals surface area contributed by atoms with Crippen molar-refractivity contribution in [3.63, 3.8) is 0 Å². The first-order valence-corrected chi connectivity index (χ1v) is 8.84. The number of halogens is 2. The Hall–Kier alpha value is -2.96. The van der Waals surface area contributed by atoms with Crippen LogP contribution in [0.25, 0.3) is 0 Å². The normalized spacial score (nSPS) is 14.5. The minimum Gasteiger partial charge on any atom is -0.507 e. The molecule has 7 heteroatoms. The van der Waals surface area contributed by atoms with Gasteiger partial charge < -0.3 is 15.3 Å². The zero-order valence-electron chi connectivity index (χ0n) is 14.7. The highest BCUT2D eigenvalue weighted by Gasteiger charge is 2.20. The molecule has 142 valence electrons. The zero-order valence-corrected chi connectivity index (χ0v) is 14.7. The van der Waals surface area contributed by atoms with Crippen LogP contribution in [-0.2, 0) is 0 Å². The van der Waals surface area contributed by atoms with Gasteiger partial charge in [0.2, 0.25) is 0 Å². The lowest BCUT2D eigenvalue weighted by molar-refractivity contribution is 0.0758. The quantitative estimate of drug-likeness (QED) is 0.855. The molecule has 0 unspecified atom stereocenters. The van der Waals surface area contributed by atoms with Crippen LogP contribution in [0.15, 0.2) is 36.4 Å². The summed E-state index contributed by atoms with van der Waals surface area (Å²) in [7, 11) is 0. The molecule has 2 amide bonds. The number of aromatic hydroxyl groups is 1. The van der Waals surface area contributed by atoms with Gasteiger partial charge in [-0.2, -0.15) is 0 Å². The fourth-order valence-electron chi connectivity index (χ4n) is 3.12. The molecule has 5 nitrogen and oxygen atoms in total. The molecule has 27 heavy (non-hydrogen) atoms. The number of phenols is 1. The molecule has 1 fully saturated rings. The van der Waals surface area contributed by atoms with Crippen LogP contribution in [-0.4, -0.2) is 34.9 Å². The number of carbonyl (C=O) groups excluding carboxylic acids is 2. The number of nitrogens with zero attached hydrogens (tertiary/aromatic N) is 1. The molecule has 0 radical (unpaired) electrons. The molecule has 2 aromatic carbocycles. The second-order valence-electron chi connectivity index (χ2n) is 6.55. The van der Waals surface area contributed by atoms with Gasteiger partial charge in [0.1, 0.15) is 17.4 Å². The average molecular weight is 374 g/mol. The van der Waals surface area contributed by atoms with Crippen LogP contribution in [0.1, 0.15) is 46.4 Å². The van der Waals surface area contributed by atoms with E-state index in [1.165, 1.54) is 18.2 Å². The molecule has 0 atom stereocenters. The van der Waals surface area contributed by atoms with Crippen LogP contribution < -0.4 is 5.32 Å². The van der Waals surface area contributed by atoms with Crippen LogP contribution in [0.4, 0.5) is 14.5 Å². The average Bonchev–Trinajstić information content (AvgIpc) is 2.90. The largest absolute Gasteiger partial charge is 0.507 e. The Kier molecular flexibility index (Phi) is 5.69. The van der Waals surface area contributed by atoms with Gasteiger partial charge in [-0.15, -0.1) is 0 Å². The minimum absolute atomic E-state index is 0.159. The van der Waals surface area contributed by atoms with Gasteiger partial charge in [-0.3, -0.25) is 9.59 Å². The Morgan fingerprint density at radius 3 is 2.15 bits per heavy atom. The van der Waals surface area contributed by atoms with E-state index >= 15 is 0 Å². The van der Waals surface area contributed by atoms with Crippen molar-refractivity contribution in [1.82, 2.24) is 4.90 Å². The van der Waals surface area contributed by atoms with Gasteiger partial charge in [0.25, 0.3) is 11.8 Å². The number of phenolic OH excluding ortho intramolecular Hbond substituents is 1. The number of nitrogens with one attached hydrogen (secondary N) is 1. The monoisotopic (exact) mass is 374 g/mol. The highest BCUT2D eigenvalue weighted by atomic mass is 19.1. The predicted molar refractivity (Wildman–Crippen MR) is 96.8 cm³/mol. The highest BCUT2D eigenvalue weighted by molar-refractivity contribution is 6.05. The summed E-state index contributed by atoms with van der Waals surface area (Å²) in [5.74, 6) is -2.95. The number of rotatable bonds is 3. The maximum absolute atomic E-state index is 13.2. The Morgan fingerprint density at radius 2 is 1.56 bits per heavy atom. The maximum atomic E-state index is 13.2. The van der Waals surface area contributed by atoms with E-state index in [1.807, 2.05) is 0 Å². The molecule has 0 spiro atoms. The molecule has 2 N–H and O–H groups in total. The Balaban J connectivity index is 1.74. The third-order valence-corrected chi connectivity index (χ3v) is 4.50. The topological polar surface area (TPSA) is 69.6 Å². The van der Waals surface area contributed by atoms with Crippen molar-refractivity contribution in [3.05, 3.63) is 59.2 Å². The molecule has 0 aliphatic carbocycles. The molecule has 0 aromatic heterocycles. The number of likely N-dealkylation sites (tertiary alicyclic amines) is 1. The number of hydrogen-bond acceptors (Lipinski definition) is 3. The molecular formula is C20H20F2N2O3. The fraction of sp³-hybridized carbons (Fsp3) is 0.300. The summed E-state index contributed by atoms with van der Waals surface area (Å²) in [6.45, 7) is 1.31. The summed E-state index contributed by atoms with van der Waals surface area (Å²) in [4.78, 5) is 26.4. The Morgan fingerprint density at radius 1 is 0.926 bits per heavy atom. The van der Waals surface area contributed by atoms with Crippen LogP contribution >= 0.6 is 0 Å². The molecule has 1 heterocycles. The fourth-order valence-corrected chi connectivity index (χ4v) is 3.12. The summed E-state index contributed by atoms with van der Waals surface area (Å²) >= 11 is 0. The predicted octanol–water partition coefficient (Wildman–Crippen LogP) is 3.94. The van der Waals surface area contributed by atoms with Crippen LogP contribution in [0.3, 0.4) is 0 Å². The smallest absolute Gasteiger partial charge is 0.257 e. The van der Waals surface area contributed by atoms with Crippen molar-refractivity contribution in [3.8, 4) is 5.75 Å². The van der Waals surface area contributed by atoms with Gasteiger partial charge in [-0.05, 0) is 37.1 Å². The molecule has 0 bridgehead atoms. The Bertz CT molecular complexity index is 842. The first-order valence-electron chi connectivity index (χ1n) is 8.84. The maximum Gasteiger partial charge on any atom is 0.257 e. The standard InChI is InChI=1S/C20H20F2N2O3/c21-14-9-13(10-15(22)11-14)19(26)23-16-5-6-17(18(25)12-16)20(27)24-7-3-1-2-4-8-24/h5-6,9-12,25H,1-4,7-8H2,(H,23,26). The summed E-state index contributed by atoms with van der Waals surface area (Å²) in [5, 5.41) is 12.7. The summed E-state index contributed by atoms with van der Waals surface area (Å²) in [5.41, 5.74) is 0.193. The number of benzene rings is 2. The van der Waals surface area contributed by atoms with Gasteiger partial charge >= 0.3 is 0 Å². The molecule has 1 aliphatic heterocycles. The van der Waals surface area contributed by atoms with Crippen molar-refractivity contribution in [2.75, 3.05) is 18.4 Å². The van der Waals surface area contributed by atoms with Crippen molar-refractivity contribution < 1.29 is 23.5 Å². The molecular weight excluding hydrogens is 354 g/mol. The number of hydrogen-bond donors (Lipinski definition) is 2. The third-order valence-electron chi connectivity index (χ3n) is 4.50. The van der Waals surface area contributed by atoms with Gasteiger partial charge in [0.05, 0.1) is 5.56 Å². The number of carbonyl (C=O) groups is 2. The minimum atomic E-state index is -0.860. The molecule has 1 saturated heterocycles. The van der Waals surface area contributed by atoms with E-state index in [-0.39, 0.29) is 28.5 Å². The van der Waals surface area contributed by atoms with Crippen molar-refractivity contribution in [1.29, 1.82) is 0 Å². The molecule has 1 aliphatic rings. The first kappa shape index (κ1) is 18.8. The SMILES string of the molecule is O=C(Nc1ccc(C(=O)N2CCCCCC2)c(O)c1)c1cc(F)cc(F)c1.